The summed E-state index contributed by atoms with van der Waals surface area (Å²) in [5, 5.41) is 2.91. The van der Waals surface area contributed by atoms with Crippen LogP contribution in [0.4, 0.5) is 5.69 Å². The zero-order chi connectivity index (χ0) is 21.7. The number of carbonyl (C=O) groups is 1. The van der Waals surface area contributed by atoms with Crippen LogP contribution in [0.25, 0.3) is 22.3 Å². The molecular formula is C25H29N5O2. The van der Waals surface area contributed by atoms with Gasteiger partial charge in [-0.05, 0) is 50.8 Å². The number of nitrogens with zero attached hydrogens (tertiary/aromatic N) is 4. The van der Waals surface area contributed by atoms with Crippen LogP contribution in [0.1, 0.15) is 45.1 Å². The number of benzene rings is 1. The second-order valence-corrected chi connectivity index (χ2v) is 9.40. The molecule has 166 valence electrons. The van der Waals surface area contributed by atoms with Crippen molar-refractivity contribution in [1.82, 2.24) is 19.9 Å². The summed E-state index contributed by atoms with van der Waals surface area (Å²) < 4.78 is 8.64. The van der Waals surface area contributed by atoms with E-state index in [9.17, 15) is 4.79 Å². The molecule has 6 rings (SSSR count). The van der Waals surface area contributed by atoms with Crippen molar-refractivity contribution in [3.8, 4) is 17.1 Å². The standard InChI is InChI=1S/C25H29N5O2/c1-16(18-12-23(31)26-14-18)32-25-24-22(27-15-30(24)20-8-9-20)13-21(28-25)17-4-6-19(7-5-17)29-10-2-3-11-29/h4-7,13,15-16,18,20H,2-3,8-12,14H2,1H3,(H,26,31). The molecule has 3 aromatic rings. The van der Waals surface area contributed by atoms with Crippen molar-refractivity contribution in [2.24, 2.45) is 5.92 Å². The third-order valence-electron chi connectivity index (χ3n) is 7.06. The number of pyridine rings is 1. The van der Waals surface area contributed by atoms with Gasteiger partial charge in [0.15, 0.2) is 0 Å². The predicted octanol–water partition coefficient (Wildman–Crippen LogP) is 3.94. The van der Waals surface area contributed by atoms with Crippen molar-refractivity contribution in [2.75, 3.05) is 24.5 Å². The summed E-state index contributed by atoms with van der Waals surface area (Å²) in [5.74, 6) is 0.871. The minimum atomic E-state index is -0.111. The predicted molar refractivity (Wildman–Crippen MR) is 124 cm³/mol. The van der Waals surface area contributed by atoms with Gasteiger partial charge in [0, 0.05) is 49.3 Å². The highest BCUT2D eigenvalue weighted by atomic mass is 16.5. The number of aromatic nitrogens is 3. The first kappa shape index (κ1) is 19.6. The van der Waals surface area contributed by atoms with Crippen LogP contribution < -0.4 is 15.0 Å². The maximum absolute atomic E-state index is 11.7. The largest absolute Gasteiger partial charge is 0.473 e. The Morgan fingerprint density at radius 3 is 2.62 bits per heavy atom. The summed E-state index contributed by atoms with van der Waals surface area (Å²) in [4.78, 5) is 23.8. The Kier molecular flexibility index (Phi) is 4.77. The molecule has 1 aliphatic carbocycles. The van der Waals surface area contributed by atoms with Gasteiger partial charge in [0.25, 0.3) is 0 Å². The lowest BCUT2D eigenvalue weighted by molar-refractivity contribution is -0.119. The average molecular weight is 432 g/mol. The van der Waals surface area contributed by atoms with E-state index in [0.29, 0.717) is 24.9 Å². The van der Waals surface area contributed by atoms with Crippen molar-refractivity contribution >= 4 is 22.6 Å². The molecule has 3 fully saturated rings. The van der Waals surface area contributed by atoms with Crippen LogP contribution in [0, 0.1) is 5.92 Å². The number of nitrogens with one attached hydrogen (secondary N) is 1. The number of hydrogen-bond donors (Lipinski definition) is 1. The van der Waals surface area contributed by atoms with E-state index in [2.05, 4.69) is 45.1 Å². The molecule has 0 bridgehead atoms. The molecule has 2 aliphatic heterocycles. The van der Waals surface area contributed by atoms with Gasteiger partial charge in [-0.25, -0.2) is 9.97 Å². The Balaban J connectivity index is 1.35. The van der Waals surface area contributed by atoms with Gasteiger partial charge in [-0.1, -0.05) is 12.1 Å². The normalized spacial score (nSPS) is 21.8. The Bertz CT molecular complexity index is 1150. The molecule has 1 amide bonds. The van der Waals surface area contributed by atoms with Crippen LogP contribution in [0.5, 0.6) is 5.88 Å². The van der Waals surface area contributed by atoms with Crippen molar-refractivity contribution < 1.29 is 9.53 Å². The first-order valence-corrected chi connectivity index (χ1v) is 11.8. The zero-order valence-corrected chi connectivity index (χ0v) is 18.5. The summed E-state index contributed by atoms with van der Waals surface area (Å²) in [7, 11) is 0. The van der Waals surface area contributed by atoms with Gasteiger partial charge in [0.2, 0.25) is 11.8 Å². The van der Waals surface area contributed by atoms with E-state index in [-0.39, 0.29) is 17.9 Å². The summed E-state index contributed by atoms with van der Waals surface area (Å²) in [5.41, 5.74) is 5.08. The minimum absolute atomic E-state index is 0.0958. The molecule has 2 aromatic heterocycles. The van der Waals surface area contributed by atoms with Crippen LogP contribution in [-0.4, -0.2) is 46.2 Å². The van der Waals surface area contributed by atoms with Gasteiger partial charge in [-0.15, -0.1) is 0 Å². The maximum Gasteiger partial charge on any atom is 0.241 e. The van der Waals surface area contributed by atoms with Crippen LogP contribution in [0.3, 0.4) is 0 Å². The third-order valence-corrected chi connectivity index (χ3v) is 7.06. The lowest BCUT2D eigenvalue weighted by atomic mass is 10.0. The highest BCUT2D eigenvalue weighted by molar-refractivity contribution is 5.85. The lowest BCUT2D eigenvalue weighted by Gasteiger charge is -2.20. The monoisotopic (exact) mass is 431 g/mol. The summed E-state index contributed by atoms with van der Waals surface area (Å²) >= 11 is 0. The highest BCUT2D eigenvalue weighted by Gasteiger charge is 2.31. The third kappa shape index (κ3) is 3.59. The van der Waals surface area contributed by atoms with Crippen molar-refractivity contribution in [2.45, 2.75) is 51.2 Å². The minimum Gasteiger partial charge on any atom is -0.473 e. The topological polar surface area (TPSA) is 72.3 Å². The first-order chi connectivity index (χ1) is 15.7. The molecule has 3 aliphatic rings. The van der Waals surface area contributed by atoms with E-state index in [0.717, 1.165) is 35.4 Å². The van der Waals surface area contributed by atoms with Crippen molar-refractivity contribution in [1.29, 1.82) is 0 Å². The molecule has 0 radical (unpaired) electrons. The zero-order valence-electron chi connectivity index (χ0n) is 18.5. The quantitative estimate of drug-likeness (QED) is 0.640. The van der Waals surface area contributed by atoms with E-state index in [1.54, 1.807) is 0 Å². The number of anilines is 1. The fourth-order valence-electron chi connectivity index (χ4n) is 4.93. The van der Waals surface area contributed by atoms with E-state index in [4.69, 9.17) is 14.7 Å². The molecular weight excluding hydrogens is 402 g/mol. The second-order valence-electron chi connectivity index (χ2n) is 9.40. The van der Waals surface area contributed by atoms with Crippen molar-refractivity contribution in [3.05, 3.63) is 36.7 Å². The lowest BCUT2D eigenvalue weighted by Crippen LogP contribution is -2.26. The number of rotatable bonds is 6. The number of ether oxygens (including phenoxy) is 1. The molecule has 1 saturated carbocycles. The molecule has 2 saturated heterocycles. The molecule has 1 aromatic carbocycles. The molecule has 4 heterocycles. The second kappa shape index (κ2) is 7.80. The van der Waals surface area contributed by atoms with Gasteiger partial charge in [0.05, 0.1) is 17.5 Å². The first-order valence-electron chi connectivity index (χ1n) is 11.8. The molecule has 2 unspecified atom stereocenters. The van der Waals surface area contributed by atoms with E-state index in [1.165, 1.54) is 31.4 Å². The number of hydrogen-bond acceptors (Lipinski definition) is 5. The van der Waals surface area contributed by atoms with E-state index < -0.39 is 0 Å². The molecule has 2 atom stereocenters. The smallest absolute Gasteiger partial charge is 0.241 e. The average Bonchev–Trinajstić information content (AvgIpc) is 3.20. The van der Waals surface area contributed by atoms with E-state index in [1.807, 2.05) is 13.3 Å². The highest BCUT2D eigenvalue weighted by Crippen LogP contribution is 2.40. The molecule has 1 N–H and O–H groups in total. The fraction of sp³-hybridized carbons (Fsp3) is 0.480. The van der Waals surface area contributed by atoms with Gasteiger partial charge in [-0.2, -0.15) is 0 Å². The summed E-state index contributed by atoms with van der Waals surface area (Å²) in [6, 6.07) is 11.2. The van der Waals surface area contributed by atoms with Gasteiger partial charge < -0.3 is 19.5 Å². The van der Waals surface area contributed by atoms with Gasteiger partial charge >= 0.3 is 0 Å². The Morgan fingerprint density at radius 2 is 1.94 bits per heavy atom. The Hall–Kier alpha value is -3.09. The van der Waals surface area contributed by atoms with Crippen LogP contribution in [-0.2, 0) is 4.79 Å². The SMILES string of the molecule is CC(Oc1nc(-c2ccc(N3CCCC3)cc2)cc2ncn(C3CC3)c12)C1CNC(=O)C1. The van der Waals surface area contributed by atoms with Gasteiger partial charge in [-0.3, -0.25) is 4.79 Å². The molecule has 7 heteroatoms. The van der Waals surface area contributed by atoms with Crippen LogP contribution in [0.2, 0.25) is 0 Å². The van der Waals surface area contributed by atoms with Gasteiger partial charge in [0.1, 0.15) is 11.6 Å². The molecule has 32 heavy (non-hydrogen) atoms. The summed E-state index contributed by atoms with van der Waals surface area (Å²) in [6.07, 6.45) is 7.18. The number of fused-ring (bicyclic) bond motifs is 1. The number of amides is 1. The number of carbonyl (C=O) groups excluding carboxylic acids is 1. The Morgan fingerprint density at radius 1 is 1.16 bits per heavy atom. The summed E-state index contributed by atoms with van der Waals surface area (Å²) in [6.45, 7) is 4.96. The van der Waals surface area contributed by atoms with E-state index >= 15 is 0 Å². The van der Waals surface area contributed by atoms with Crippen LogP contribution >= 0.6 is 0 Å². The maximum atomic E-state index is 11.7. The fourth-order valence-corrected chi connectivity index (χ4v) is 4.93. The number of imidazole rings is 1. The molecule has 0 spiro atoms. The van der Waals surface area contributed by atoms with Crippen molar-refractivity contribution in [3.63, 3.8) is 0 Å². The van der Waals surface area contributed by atoms with Crippen LogP contribution in [0.15, 0.2) is 36.7 Å². The Labute approximate surface area is 187 Å². The molecule has 7 nitrogen and oxygen atoms in total.